The highest BCUT2D eigenvalue weighted by Crippen LogP contribution is 2.20. The highest BCUT2D eigenvalue weighted by molar-refractivity contribution is 5.89. The zero-order chi connectivity index (χ0) is 26.1. The predicted molar refractivity (Wildman–Crippen MR) is 142 cm³/mol. The predicted octanol–water partition coefficient (Wildman–Crippen LogP) is 4.94. The van der Waals surface area contributed by atoms with E-state index < -0.39 is 11.6 Å². The first-order valence-electron chi connectivity index (χ1n) is 12.1. The van der Waals surface area contributed by atoms with Crippen LogP contribution in [0, 0.1) is 6.92 Å². The lowest BCUT2D eigenvalue weighted by Gasteiger charge is -2.34. The van der Waals surface area contributed by atoms with E-state index in [1.54, 1.807) is 36.3 Å². The second-order valence-corrected chi connectivity index (χ2v) is 9.86. The van der Waals surface area contributed by atoms with Gasteiger partial charge >= 0.3 is 0 Å². The fourth-order valence-electron chi connectivity index (χ4n) is 3.88. The van der Waals surface area contributed by atoms with Crippen LogP contribution in [-0.2, 0) is 22.6 Å². The lowest BCUT2D eigenvalue weighted by Crippen LogP contribution is -2.55. The van der Waals surface area contributed by atoms with Gasteiger partial charge in [-0.05, 0) is 68.7 Å². The molecule has 0 bridgehead atoms. The number of nitrogens with one attached hydrogen (secondary N) is 1. The number of ether oxygens (including phenoxy) is 2. The van der Waals surface area contributed by atoms with Crippen molar-refractivity contribution in [3.05, 3.63) is 95.6 Å². The summed E-state index contributed by atoms with van der Waals surface area (Å²) < 4.78 is 11.0. The second-order valence-electron chi connectivity index (χ2n) is 9.86. The Morgan fingerprint density at radius 2 is 1.50 bits per heavy atom. The first kappa shape index (κ1) is 26.8. The van der Waals surface area contributed by atoms with Gasteiger partial charge in [0, 0.05) is 18.5 Å². The van der Waals surface area contributed by atoms with Crippen LogP contribution in [0.1, 0.15) is 37.5 Å². The normalized spacial score (nSPS) is 11.9. The maximum absolute atomic E-state index is 13.7. The summed E-state index contributed by atoms with van der Waals surface area (Å²) in [5.74, 6) is 0.798. The number of rotatable bonds is 10. The van der Waals surface area contributed by atoms with Gasteiger partial charge in [0.2, 0.25) is 5.91 Å². The van der Waals surface area contributed by atoms with Crippen LogP contribution in [0.3, 0.4) is 0 Å². The third kappa shape index (κ3) is 7.87. The number of benzene rings is 3. The molecule has 0 spiro atoms. The first-order chi connectivity index (χ1) is 17.2. The number of hydrogen-bond donors (Lipinski definition) is 1. The fraction of sp³-hybridized carbons (Fsp3) is 0.333. The number of hydrogen-bond acceptors (Lipinski definition) is 4. The summed E-state index contributed by atoms with van der Waals surface area (Å²) in [5, 5.41) is 3.07. The van der Waals surface area contributed by atoms with Crippen LogP contribution in [0.25, 0.3) is 0 Å². The Balaban J connectivity index is 1.92. The molecule has 0 radical (unpaired) electrons. The molecular formula is C30H36N2O4. The lowest BCUT2D eigenvalue weighted by atomic mass is 10.00. The molecule has 3 rings (SSSR count). The van der Waals surface area contributed by atoms with Crippen molar-refractivity contribution in [3.63, 3.8) is 0 Å². The molecule has 0 aliphatic rings. The van der Waals surface area contributed by atoms with E-state index in [9.17, 15) is 9.59 Å². The minimum atomic E-state index is -0.710. The zero-order valence-corrected chi connectivity index (χ0v) is 21.8. The minimum Gasteiger partial charge on any atom is -0.497 e. The topological polar surface area (TPSA) is 67.9 Å². The summed E-state index contributed by atoms with van der Waals surface area (Å²) in [6.45, 7) is 7.92. The van der Waals surface area contributed by atoms with Crippen LogP contribution < -0.4 is 14.8 Å². The Labute approximate surface area is 214 Å². The van der Waals surface area contributed by atoms with Crippen molar-refractivity contribution in [2.75, 3.05) is 13.7 Å². The van der Waals surface area contributed by atoms with E-state index in [2.05, 4.69) is 5.32 Å². The second kappa shape index (κ2) is 12.2. The van der Waals surface area contributed by atoms with Gasteiger partial charge in [-0.15, -0.1) is 0 Å². The minimum absolute atomic E-state index is 0.188. The van der Waals surface area contributed by atoms with Crippen LogP contribution in [0.2, 0.25) is 0 Å². The average molecular weight is 489 g/mol. The fourth-order valence-corrected chi connectivity index (χ4v) is 3.88. The Morgan fingerprint density at radius 1 is 0.889 bits per heavy atom. The standard InChI is InChI=1S/C30H36N2O4/c1-22-11-9-10-14-24(22)20-32(28(33)21-36-26-17-15-25(35-5)16-18-26)27(29(34)31-30(2,3)4)19-23-12-7-6-8-13-23/h6-18,27H,19-21H2,1-5H3,(H,31,34). The smallest absolute Gasteiger partial charge is 0.261 e. The molecular weight excluding hydrogens is 452 g/mol. The van der Waals surface area contributed by atoms with Crippen molar-refractivity contribution in [3.8, 4) is 11.5 Å². The summed E-state index contributed by atoms with van der Waals surface area (Å²) in [4.78, 5) is 28.9. The molecule has 3 aromatic carbocycles. The summed E-state index contributed by atoms with van der Waals surface area (Å²) >= 11 is 0. The van der Waals surface area contributed by atoms with Crippen LogP contribution in [0.5, 0.6) is 11.5 Å². The van der Waals surface area contributed by atoms with E-state index >= 15 is 0 Å². The summed E-state index contributed by atoms with van der Waals surface area (Å²) in [6, 6.07) is 24.0. The Morgan fingerprint density at radius 3 is 2.11 bits per heavy atom. The van der Waals surface area contributed by atoms with Crippen molar-refractivity contribution in [2.45, 2.75) is 52.2 Å². The first-order valence-corrected chi connectivity index (χ1v) is 12.1. The van der Waals surface area contributed by atoms with Gasteiger partial charge in [0.1, 0.15) is 17.5 Å². The number of amides is 2. The highest BCUT2D eigenvalue weighted by atomic mass is 16.5. The Bertz CT molecular complexity index is 1140. The zero-order valence-electron chi connectivity index (χ0n) is 21.8. The van der Waals surface area contributed by atoms with Crippen LogP contribution in [0.15, 0.2) is 78.9 Å². The van der Waals surface area contributed by atoms with Crippen molar-refractivity contribution in [1.82, 2.24) is 10.2 Å². The molecule has 0 aliphatic carbocycles. The van der Waals surface area contributed by atoms with E-state index in [0.29, 0.717) is 24.5 Å². The molecule has 190 valence electrons. The molecule has 1 N–H and O–H groups in total. The van der Waals surface area contributed by atoms with Gasteiger partial charge in [-0.3, -0.25) is 9.59 Å². The largest absolute Gasteiger partial charge is 0.497 e. The molecule has 2 amide bonds. The Hall–Kier alpha value is -3.80. The molecule has 6 heteroatoms. The molecule has 1 atom stereocenters. The summed E-state index contributed by atoms with van der Waals surface area (Å²) in [5.41, 5.74) is 2.58. The van der Waals surface area contributed by atoms with Crippen LogP contribution in [0.4, 0.5) is 0 Å². The number of nitrogens with zero attached hydrogens (tertiary/aromatic N) is 1. The maximum atomic E-state index is 13.7. The molecule has 0 aliphatic heterocycles. The van der Waals surface area contributed by atoms with Gasteiger partial charge in [-0.1, -0.05) is 54.6 Å². The van der Waals surface area contributed by atoms with E-state index in [1.807, 2.05) is 82.3 Å². The molecule has 0 aromatic heterocycles. The van der Waals surface area contributed by atoms with Gasteiger partial charge in [0.05, 0.1) is 7.11 Å². The van der Waals surface area contributed by atoms with Crippen LogP contribution in [-0.4, -0.2) is 42.0 Å². The molecule has 36 heavy (non-hydrogen) atoms. The third-order valence-electron chi connectivity index (χ3n) is 5.79. The molecule has 1 unspecified atom stereocenters. The summed E-state index contributed by atoms with van der Waals surface area (Å²) in [7, 11) is 1.60. The van der Waals surface area contributed by atoms with Crippen molar-refractivity contribution < 1.29 is 19.1 Å². The van der Waals surface area contributed by atoms with Crippen LogP contribution >= 0.6 is 0 Å². The summed E-state index contributed by atoms with van der Waals surface area (Å²) in [6.07, 6.45) is 0.392. The monoisotopic (exact) mass is 488 g/mol. The van der Waals surface area contributed by atoms with E-state index in [4.69, 9.17) is 9.47 Å². The van der Waals surface area contributed by atoms with E-state index in [0.717, 1.165) is 16.7 Å². The van der Waals surface area contributed by atoms with Crippen molar-refractivity contribution in [2.24, 2.45) is 0 Å². The highest BCUT2D eigenvalue weighted by Gasteiger charge is 2.32. The average Bonchev–Trinajstić information content (AvgIpc) is 2.85. The molecule has 0 saturated heterocycles. The van der Waals surface area contributed by atoms with E-state index in [-0.39, 0.29) is 18.4 Å². The Kier molecular flexibility index (Phi) is 9.12. The van der Waals surface area contributed by atoms with Gasteiger partial charge in [-0.2, -0.15) is 0 Å². The number of carbonyl (C=O) groups excluding carboxylic acids is 2. The van der Waals surface area contributed by atoms with Gasteiger partial charge in [0.25, 0.3) is 5.91 Å². The molecule has 6 nitrogen and oxygen atoms in total. The van der Waals surface area contributed by atoms with Gasteiger partial charge in [0.15, 0.2) is 6.61 Å². The van der Waals surface area contributed by atoms with Gasteiger partial charge in [-0.25, -0.2) is 0 Å². The third-order valence-corrected chi connectivity index (χ3v) is 5.79. The SMILES string of the molecule is COc1ccc(OCC(=O)N(Cc2ccccc2C)C(Cc2ccccc2)C(=O)NC(C)(C)C)cc1. The maximum Gasteiger partial charge on any atom is 0.261 e. The number of carbonyl (C=O) groups is 2. The molecule has 0 heterocycles. The van der Waals surface area contributed by atoms with E-state index in [1.165, 1.54) is 0 Å². The quantitative estimate of drug-likeness (QED) is 0.439. The number of aryl methyl sites for hydroxylation is 1. The van der Waals surface area contributed by atoms with Gasteiger partial charge < -0.3 is 19.7 Å². The molecule has 0 fully saturated rings. The molecule has 0 saturated carbocycles. The number of methoxy groups -OCH3 is 1. The van der Waals surface area contributed by atoms with Crippen molar-refractivity contribution >= 4 is 11.8 Å². The molecule has 3 aromatic rings. The lowest BCUT2D eigenvalue weighted by molar-refractivity contribution is -0.143. The van der Waals surface area contributed by atoms with Crippen molar-refractivity contribution in [1.29, 1.82) is 0 Å².